The lowest BCUT2D eigenvalue weighted by Gasteiger charge is -2.16. The highest BCUT2D eigenvalue weighted by atomic mass is 16.5. The zero-order valence-corrected chi connectivity index (χ0v) is 10.4. The van der Waals surface area contributed by atoms with Crippen LogP contribution >= 0.6 is 0 Å². The van der Waals surface area contributed by atoms with Crippen molar-refractivity contribution in [3.63, 3.8) is 0 Å². The number of hydrogen-bond acceptors (Lipinski definition) is 3. The summed E-state index contributed by atoms with van der Waals surface area (Å²) in [7, 11) is 5.58. The van der Waals surface area contributed by atoms with Crippen molar-refractivity contribution < 1.29 is 4.74 Å². The molecule has 2 aromatic rings. The molecule has 0 atom stereocenters. The molecule has 0 saturated heterocycles. The summed E-state index contributed by atoms with van der Waals surface area (Å²) in [6, 6.07) is 12.5. The number of nitrogens with one attached hydrogen (secondary N) is 2. The summed E-state index contributed by atoms with van der Waals surface area (Å²) in [6.45, 7) is 0. The van der Waals surface area contributed by atoms with E-state index in [1.165, 1.54) is 16.3 Å². The van der Waals surface area contributed by atoms with Crippen molar-refractivity contribution in [2.75, 3.05) is 21.2 Å². The maximum absolute atomic E-state index is 5.22. The molecule has 0 aliphatic rings. The Morgan fingerprint density at radius 3 is 2.24 bits per heavy atom. The highest BCUT2D eigenvalue weighted by Gasteiger charge is 2.06. The van der Waals surface area contributed by atoms with Crippen LogP contribution in [0.1, 0.15) is 11.7 Å². The topological polar surface area (TPSA) is 33.3 Å². The first-order chi connectivity index (χ1) is 8.28. The van der Waals surface area contributed by atoms with Gasteiger partial charge in [0.1, 0.15) is 5.75 Å². The summed E-state index contributed by atoms with van der Waals surface area (Å²) in [4.78, 5) is 0. The second-order valence-corrected chi connectivity index (χ2v) is 3.98. The lowest BCUT2D eigenvalue weighted by Crippen LogP contribution is -2.28. The van der Waals surface area contributed by atoms with Gasteiger partial charge in [0, 0.05) is 0 Å². The Morgan fingerprint density at radius 2 is 1.59 bits per heavy atom. The smallest absolute Gasteiger partial charge is 0.119 e. The molecule has 0 amide bonds. The molecule has 0 aliphatic carbocycles. The van der Waals surface area contributed by atoms with Crippen molar-refractivity contribution in [2.24, 2.45) is 0 Å². The summed E-state index contributed by atoms with van der Waals surface area (Å²) in [6.07, 6.45) is 0.182. The molecule has 3 nitrogen and oxygen atoms in total. The summed E-state index contributed by atoms with van der Waals surface area (Å²) < 4.78 is 5.22. The van der Waals surface area contributed by atoms with Crippen LogP contribution in [0.25, 0.3) is 10.8 Å². The minimum Gasteiger partial charge on any atom is -0.497 e. The predicted molar refractivity (Wildman–Crippen MR) is 71.4 cm³/mol. The minimum absolute atomic E-state index is 0.182. The van der Waals surface area contributed by atoms with E-state index in [1.54, 1.807) is 7.11 Å². The molecule has 2 N–H and O–H groups in total. The lowest BCUT2D eigenvalue weighted by atomic mass is 10.1. The summed E-state index contributed by atoms with van der Waals surface area (Å²) in [5.74, 6) is 0.893. The average molecular weight is 230 g/mol. The molecule has 0 spiro atoms. The van der Waals surface area contributed by atoms with Gasteiger partial charge in [0.15, 0.2) is 0 Å². The van der Waals surface area contributed by atoms with E-state index in [2.05, 4.69) is 34.9 Å². The molecule has 3 heteroatoms. The van der Waals surface area contributed by atoms with Crippen LogP contribution in [0.15, 0.2) is 36.4 Å². The van der Waals surface area contributed by atoms with Gasteiger partial charge in [-0.1, -0.05) is 18.2 Å². The van der Waals surface area contributed by atoms with Gasteiger partial charge in [-0.15, -0.1) is 0 Å². The van der Waals surface area contributed by atoms with Gasteiger partial charge in [-0.2, -0.15) is 0 Å². The zero-order chi connectivity index (χ0) is 12.3. The highest BCUT2D eigenvalue weighted by molar-refractivity contribution is 5.84. The minimum atomic E-state index is 0.182. The molecule has 0 bridgehead atoms. The zero-order valence-electron chi connectivity index (χ0n) is 10.4. The van der Waals surface area contributed by atoms with E-state index >= 15 is 0 Å². The fourth-order valence-corrected chi connectivity index (χ4v) is 2.03. The van der Waals surface area contributed by atoms with Crippen molar-refractivity contribution in [3.8, 4) is 5.75 Å². The van der Waals surface area contributed by atoms with Crippen LogP contribution < -0.4 is 15.4 Å². The molecule has 0 aliphatic heterocycles. The Hall–Kier alpha value is -1.58. The van der Waals surface area contributed by atoms with E-state index in [0.29, 0.717) is 0 Å². The van der Waals surface area contributed by atoms with E-state index in [1.807, 2.05) is 26.2 Å². The fourth-order valence-electron chi connectivity index (χ4n) is 2.03. The first kappa shape index (κ1) is 11.9. The number of fused-ring (bicyclic) bond motifs is 1. The second kappa shape index (κ2) is 5.17. The SMILES string of the molecule is CNC(NC)c1ccc2cc(OC)ccc2c1. The van der Waals surface area contributed by atoms with Crippen molar-refractivity contribution >= 4 is 10.8 Å². The molecule has 0 aromatic heterocycles. The van der Waals surface area contributed by atoms with E-state index in [9.17, 15) is 0 Å². The van der Waals surface area contributed by atoms with E-state index < -0.39 is 0 Å². The maximum atomic E-state index is 5.22. The first-order valence-electron chi connectivity index (χ1n) is 5.70. The Balaban J connectivity index is 2.44. The molecule has 0 heterocycles. The van der Waals surface area contributed by atoms with Crippen molar-refractivity contribution in [1.29, 1.82) is 0 Å². The van der Waals surface area contributed by atoms with Gasteiger partial charge in [-0.3, -0.25) is 0 Å². The summed E-state index contributed by atoms with van der Waals surface area (Å²) in [5, 5.41) is 8.85. The van der Waals surface area contributed by atoms with E-state index in [-0.39, 0.29) is 6.17 Å². The third kappa shape index (κ3) is 2.40. The third-order valence-electron chi connectivity index (χ3n) is 2.98. The predicted octanol–water partition coefficient (Wildman–Crippen LogP) is 2.29. The molecule has 0 fully saturated rings. The molecule has 0 unspecified atom stereocenters. The average Bonchev–Trinajstić information content (AvgIpc) is 2.39. The van der Waals surface area contributed by atoms with Crippen LogP contribution in [0.2, 0.25) is 0 Å². The Bertz CT molecular complexity index is 507. The van der Waals surface area contributed by atoms with Crippen molar-refractivity contribution in [1.82, 2.24) is 10.6 Å². The Labute approximate surface area is 102 Å². The molecular formula is C14H18N2O. The van der Waals surface area contributed by atoms with Crippen molar-refractivity contribution in [2.45, 2.75) is 6.17 Å². The molecule has 90 valence electrons. The standard InChI is InChI=1S/C14H18N2O/c1-15-14(16-2)12-5-4-11-9-13(17-3)7-6-10(11)8-12/h4-9,14-16H,1-3H3. The summed E-state index contributed by atoms with van der Waals surface area (Å²) >= 11 is 0. The molecule has 0 saturated carbocycles. The van der Waals surface area contributed by atoms with Gasteiger partial charge in [0.2, 0.25) is 0 Å². The molecule has 2 aromatic carbocycles. The normalized spacial score (nSPS) is 11.1. The van der Waals surface area contributed by atoms with Gasteiger partial charge in [0.25, 0.3) is 0 Å². The highest BCUT2D eigenvalue weighted by Crippen LogP contribution is 2.23. The summed E-state index contributed by atoms with van der Waals surface area (Å²) in [5.41, 5.74) is 1.23. The van der Waals surface area contributed by atoms with Crippen LogP contribution in [-0.2, 0) is 0 Å². The number of methoxy groups -OCH3 is 1. The van der Waals surface area contributed by atoms with Crippen molar-refractivity contribution in [3.05, 3.63) is 42.0 Å². The number of rotatable bonds is 4. The molecule has 2 rings (SSSR count). The molecule has 17 heavy (non-hydrogen) atoms. The Morgan fingerprint density at radius 1 is 0.941 bits per heavy atom. The quantitative estimate of drug-likeness (QED) is 0.791. The monoisotopic (exact) mass is 230 g/mol. The number of hydrogen-bond donors (Lipinski definition) is 2. The Kier molecular flexibility index (Phi) is 3.61. The van der Waals surface area contributed by atoms with Gasteiger partial charge in [-0.05, 0) is 48.6 Å². The van der Waals surface area contributed by atoms with Crippen LogP contribution in [0.4, 0.5) is 0 Å². The van der Waals surface area contributed by atoms with Crippen LogP contribution in [-0.4, -0.2) is 21.2 Å². The van der Waals surface area contributed by atoms with Gasteiger partial charge in [-0.25, -0.2) is 0 Å². The van der Waals surface area contributed by atoms with Crippen LogP contribution in [0, 0.1) is 0 Å². The molecular weight excluding hydrogens is 212 g/mol. The second-order valence-electron chi connectivity index (χ2n) is 3.98. The van der Waals surface area contributed by atoms with Gasteiger partial charge >= 0.3 is 0 Å². The van der Waals surface area contributed by atoms with Crippen LogP contribution in [0.5, 0.6) is 5.75 Å². The largest absolute Gasteiger partial charge is 0.497 e. The number of ether oxygens (including phenoxy) is 1. The van der Waals surface area contributed by atoms with Gasteiger partial charge in [0.05, 0.1) is 13.3 Å². The number of benzene rings is 2. The first-order valence-corrected chi connectivity index (χ1v) is 5.70. The van der Waals surface area contributed by atoms with Gasteiger partial charge < -0.3 is 15.4 Å². The molecule has 0 radical (unpaired) electrons. The third-order valence-corrected chi connectivity index (χ3v) is 2.98. The van der Waals surface area contributed by atoms with Crippen LogP contribution in [0.3, 0.4) is 0 Å². The lowest BCUT2D eigenvalue weighted by molar-refractivity contribution is 0.415. The fraction of sp³-hybridized carbons (Fsp3) is 0.286. The van der Waals surface area contributed by atoms with E-state index in [0.717, 1.165) is 5.75 Å². The maximum Gasteiger partial charge on any atom is 0.119 e. The van der Waals surface area contributed by atoms with E-state index in [4.69, 9.17) is 4.74 Å².